The summed E-state index contributed by atoms with van der Waals surface area (Å²) in [5.41, 5.74) is 3.35. The highest BCUT2D eigenvalue weighted by Gasteiger charge is 2.12. The third-order valence-electron chi connectivity index (χ3n) is 2.81. The second kappa shape index (κ2) is 5.40. The van der Waals surface area contributed by atoms with Crippen molar-refractivity contribution in [2.24, 2.45) is 0 Å². The maximum Gasteiger partial charge on any atom is 0.339 e. The van der Waals surface area contributed by atoms with Gasteiger partial charge in [-0.25, -0.2) is 4.79 Å². The minimum Gasteiger partial charge on any atom is -0.478 e. The lowest BCUT2D eigenvalue weighted by atomic mass is 10.1. The fourth-order valence-electron chi connectivity index (χ4n) is 1.72. The molecule has 0 amide bonds. The molecule has 4 nitrogen and oxygen atoms in total. The molecule has 19 heavy (non-hydrogen) atoms. The molecule has 0 bridgehead atoms. The lowest BCUT2D eigenvalue weighted by Gasteiger charge is -2.13. The summed E-state index contributed by atoms with van der Waals surface area (Å²) in [4.78, 5) is 15.2. The number of aryl methyl sites for hydroxylation is 1. The van der Waals surface area contributed by atoms with Gasteiger partial charge in [-0.1, -0.05) is 22.0 Å². The molecule has 0 aliphatic carbocycles. The van der Waals surface area contributed by atoms with E-state index in [0.717, 1.165) is 21.4 Å². The number of hydrogen-bond donors (Lipinski definition) is 2. The molecular weight excluding hydrogens is 308 g/mol. The van der Waals surface area contributed by atoms with E-state index in [0.29, 0.717) is 5.69 Å². The van der Waals surface area contributed by atoms with Crippen molar-refractivity contribution in [3.05, 3.63) is 51.8 Å². The van der Waals surface area contributed by atoms with Crippen LogP contribution < -0.4 is 5.32 Å². The van der Waals surface area contributed by atoms with E-state index in [4.69, 9.17) is 5.11 Å². The summed E-state index contributed by atoms with van der Waals surface area (Å²) in [5.74, 6) is -0.998. The van der Waals surface area contributed by atoms with Crippen molar-refractivity contribution in [1.82, 2.24) is 4.98 Å². The first-order valence-corrected chi connectivity index (χ1v) is 6.50. The highest BCUT2D eigenvalue weighted by molar-refractivity contribution is 9.10. The van der Waals surface area contributed by atoms with Crippen molar-refractivity contribution < 1.29 is 9.90 Å². The number of carboxylic acids is 1. The summed E-state index contributed by atoms with van der Waals surface area (Å²) in [5, 5.41) is 12.3. The van der Waals surface area contributed by atoms with E-state index in [-0.39, 0.29) is 5.56 Å². The summed E-state index contributed by atoms with van der Waals surface area (Å²) in [7, 11) is 0. The SMILES string of the molecule is Cc1cc(Nc2cccc(Br)c2C)c(C(=O)O)cn1. The molecule has 0 atom stereocenters. The number of carboxylic acid groups (broad SMARTS) is 1. The standard InChI is InChI=1S/C14H13BrN2O2/c1-8-6-13(10(7-16-8)14(18)19)17-12-5-3-4-11(15)9(12)2/h3-7H,1-2H3,(H,16,17)(H,18,19). The average molecular weight is 321 g/mol. The number of pyridine rings is 1. The quantitative estimate of drug-likeness (QED) is 0.900. The summed E-state index contributed by atoms with van der Waals surface area (Å²) >= 11 is 3.45. The van der Waals surface area contributed by atoms with E-state index in [2.05, 4.69) is 26.2 Å². The lowest BCUT2D eigenvalue weighted by Crippen LogP contribution is -2.05. The van der Waals surface area contributed by atoms with Gasteiger partial charge in [0.05, 0.1) is 5.69 Å². The van der Waals surface area contributed by atoms with Crippen LogP contribution in [0.1, 0.15) is 21.6 Å². The molecule has 1 aromatic carbocycles. The van der Waals surface area contributed by atoms with Gasteiger partial charge in [-0.3, -0.25) is 4.98 Å². The molecule has 0 fully saturated rings. The first kappa shape index (κ1) is 13.5. The van der Waals surface area contributed by atoms with Crippen LogP contribution in [0.2, 0.25) is 0 Å². The molecule has 2 rings (SSSR count). The first-order chi connectivity index (χ1) is 8.99. The zero-order valence-corrected chi connectivity index (χ0v) is 12.2. The average Bonchev–Trinajstić information content (AvgIpc) is 2.35. The number of halogens is 1. The molecule has 1 aromatic heterocycles. The van der Waals surface area contributed by atoms with Crippen LogP contribution in [-0.4, -0.2) is 16.1 Å². The van der Waals surface area contributed by atoms with Crippen LogP contribution in [0.5, 0.6) is 0 Å². The molecular formula is C14H13BrN2O2. The number of benzene rings is 1. The van der Waals surface area contributed by atoms with Crippen molar-refractivity contribution in [1.29, 1.82) is 0 Å². The second-order valence-electron chi connectivity index (χ2n) is 4.21. The Hall–Kier alpha value is -1.88. The van der Waals surface area contributed by atoms with E-state index >= 15 is 0 Å². The van der Waals surface area contributed by atoms with E-state index in [1.165, 1.54) is 6.20 Å². The summed E-state index contributed by atoms with van der Waals surface area (Å²) < 4.78 is 0.972. The number of anilines is 2. The molecule has 0 saturated carbocycles. The van der Waals surface area contributed by atoms with Crippen LogP contribution in [0.3, 0.4) is 0 Å². The minimum absolute atomic E-state index is 0.157. The van der Waals surface area contributed by atoms with Crippen molar-refractivity contribution in [3.8, 4) is 0 Å². The first-order valence-electron chi connectivity index (χ1n) is 5.71. The molecule has 5 heteroatoms. The molecule has 0 unspecified atom stereocenters. The van der Waals surface area contributed by atoms with Gasteiger partial charge in [0.15, 0.2) is 0 Å². The van der Waals surface area contributed by atoms with Crippen molar-refractivity contribution in [3.63, 3.8) is 0 Å². The number of aromatic carboxylic acids is 1. The predicted molar refractivity (Wildman–Crippen MR) is 78.1 cm³/mol. The van der Waals surface area contributed by atoms with Crippen LogP contribution in [0.4, 0.5) is 11.4 Å². The molecule has 98 valence electrons. The van der Waals surface area contributed by atoms with Crippen LogP contribution in [0.15, 0.2) is 34.9 Å². The zero-order chi connectivity index (χ0) is 14.0. The number of hydrogen-bond acceptors (Lipinski definition) is 3. The van der Waals surface area contributed by atoms with Gasteiger partial charge in [0.2, 0.25) is 0 Å². The molecule has 0 spiro atoms. The van der Waals surface area contributed by atoms with E-state index < -0.39 is 5.97 Å². The van der Waals surface area contributed by atoms with Gasteiger partial charge in [0.25, 0.3) is 0 Å². The summed E-state index contributed by atoms with van der Waals surface area (Å²) in [6.45, 7) is 3.78. The third kappa shape index (κ3) is 2.93. The normalized spacial score (nSPS) is 10.3. The van der Waals surface area contributed by atoms with Gasteiger partial charge in [-0.2, -0.15) is 0 Å². The Morgan fingerprint density at radius 2 is 2.05 bits per heavy atom. The number of aromatic nitrogens is 1. The Morgan fingerprint density at radius 1 is 1.32 bits per heavy atom. The molecule has 0 radical (unpaired) electrons. The van der Waals surface area contributed by atoms with Gasteiger partial charge < -0.3 is 10.4 Å². The van der Waals surface area contributed by atoms with Gasteiger partial charge >= 0.3 is 5.97 Å². The van der Waals surface area contributed by atoms with E-state index in [1.807, 2.05) is 32.0 Å². The fourth-order valence-corrected chi connectivity index (χ4v) is 2.09. The largest absolute Gasteiger partial charge is 0.478 e. The molecule has 2 aromatic rings. The molecule has 1 heterocycles. The Balaban J connectivity index is 2.45. The zero-order valence-electron chi connectivity index (χ0n) is 10.6. The van der Waals surface area contributed by atoms with Crippen molar-refractivity contribution in [2.75, 3.05) is 5.32 Å². The summed E-state index contributed by atoms with van der Waals surface area (Å²) in [6, 6.07) is 7.47. The van der Waals surface area contributed by atoms with E-state index in [1.54, 1.807) is 6.07 Å². The van der Waals surface area contributed by atoms with Gasteiger partial charge in [0.1, 0.15) is 5.56 Å². The second-order valence-corrected chi connectivity index (χ2v) is 5.07. The van der Waals surface area contributed by atoms with Crippen molar-refractivity contribution >= 4 is 33.3 Å². The van der Waals surface area contributed by atoms with Gasteiger partial charge in [-0.15, -0.1) is 0 Å². The molecule has 0 aliphatic heterocycles. The van der Waals surface area contributed by atoms with E-state index in [9.17, 15) is 4.79 Å². The Morgan fingerprint density at radius 3 is 2.74 bits per heavy atom. The van der Waals surface area contributed by atoms with Gasteiger partial charge in [-0.05, 0) is 37.6 Å². The third-order valence-corrected chi connectivity index (χ3v) is 3.67. The lowest BCUT2D eigenvalue weighted by molar-refractivity contribution is 0.0697. The molecule has 2 N–H and O–H groups in total. The van der Waals surface area contributed by atoms with Gasteiger partial charge in [0, 0.05) is 22.1 Å². The highest BCUT2D eigenvalue weighted by Crippen LogP contribution is 2.28. The number of rotatable bonds is 3. The smallest absolute Gasteiger partial charge is 0.339 e. The Bertz CT molecular complexity index is 641. The van der Waals surface area contributed by atoms with Crippen LogP contribution in [0, 0.1) is 13.8 Å². The highest BCUT2D eigenvalue weighted by atomic mass is 79.9. The van der Waals surface area contributed by atoms with Crippen LogP contribution in [0.25, 0.3) is 0 Å². The number of nitrogens with zero attached hydrogens (tertiary/aromatic N) is 1. The van der Waals surface area contributed by atoms with Crippen LogP contribution >= 0.6 is 15.9 Å². The Kier molecular flexibility index (Phi) is 3.85. The summed E-state index contributed by atoms with van der Waals surface area (Å²) in [6.07, 6.45) is 1.37. The monoisotopic (exact) mass is 320 g/mol. The Labute approximate surface area is 119 Å². The molecule has 0 aliphatic rings. The maximum absolute atomic E-state index is 11.2. The maximum atomic E-state index is 11.2. The van der Waals surface area contributed by atoms with Crippen LogP contribution in [-0.2, 0) is 0 Å². The predicted octanol–water partition coefficient (Wildman–Crippen LogP) is 3.90. The topological polar surface area (TPSA) is 62.2 Å². The van der Waals surface area contributed by atoms with Crippen molar-refractivity contribution in [2.45, 2.75) is 13.8 Å². The minimum atomic E-state index is -0.998. The fraction of sp³-hybridized carbons (Fsp3) is 0.143. The number of nitrogens with one attached hydrogen (secondary N) is 1. The molecule has 0 saturated heterocycles. The number of carbonyl (C=O) groups is 1.